The molecule has 0 aromatic heterocycles. The van der Waals surface area contributed by atoms with Crippen LogP contribution in [0.1, 0.15) is 60.3 Å². The molecule has 0 radical (unpaired) electrons. The molecule has 0 fully saturated rings. The fraction of sp³-hybridized carbons (Fsp3) is 0.923. The number of hydrogen-bond acceptors (Lipinski definition) is 2. The highest BCUT2D eigenvalue weighted by Crippen LogP contribution is 2.26. The molecule has 0 rings (SSSR count). The quantitative estimate of drug-likeness (QED) is 0.617. The van der Waals surface area contributed by atoms with Crippen LogP contribution < -0.4 is 0 Å². The second kappa shape index (κ2) is 7.00. The van der Waals surface area contributed by atoms with Crippen molar-refractivity contribution in [2.75, 3.05) is 13.1 Å². The van der Waals surface area contributed by atoms with Crippen LogP contribution in [0.4, 0.5) is 0 Å². The van der Waals surface area contributed by atoms with Crippen LogP contribution in [0.3, 0.4) is 0 Å². The molecule has 0 saturated carbocycles. The predicted octanol–water partition coefficient (Wildman–Crippen LogP) is 3.26. The first-order chi connectivity index (χ1) is 7.12. The Labute approximate surface area is 95.0 Å². The molecule has 0 aromatic carbocycles. The van der Waals surface area contributed by atoms with Gasteiger partial charge in [0.15, 0.2) is 5.78 Å². The fourth-order valence-electron chi connectivity index (χ4n) is 2.56. The molecule has 0 bridgehead atoms. The van der Waals surface area contributed by atoms with E-state index in [0.717, 1.165) is 38.8 Å². The number of Topliss-reactive ketones (excluding diaryl/α,β-unsaturated/α-hetero) is 1. The molecule has 0 aliphatic rings. The summed E-state index contributed by atoms with van der Waals surface area (Å²) in [6.07, 6.45) is 3.55. The van der Waals surface area contributed by atoms with Crippen LogP contribution in [0, 0.1) is 0 Å². The number of nitrogens with zero attached hydrogens (tertiary/aromatic N) is 1. The van der Waals surface area contributed by atoms with Gasteiger partial charge < -0.3 is 0 Å². The van der Waals surface area contributed by atoms with Crippen LogP contribution in [0.2, 0.25) is 0 Å². The van der Waals surface area contributed by atoms with Crippen molar-refractivity contribution in [2.45, 2.75) is 65.8 Å². The molecule has 0 unspecified atom stereocenters. The molecule has 0 aliphatic carbocycles. The molecule has 0 aliphatic heterocycles. The molecular weight excluding hydrogens is 186 g/mol. The van der Waals surface area contributed by atoms with Gasteiger partial charge >= 0.3 is 0 Å². The maximum atomic E-state index is 12.2. The van der Waals surface area contributed by atoms with E-state index in [1.54, 1.807) is 0 Å². The van der Waals surface area contributed by atoms with Gasteiger partial charge in [0.2, 0.25) is 0 Å². The third-order valence-corrected chi connectivity index (χ3v) is 3.53. The molecule has 0 spiro atoms. The van der Waals surface area contributed by atoms with Crippen molar-refractivity contribution in [2.24, 2.45) is 0 Å². The number of rotatable bonds is 8. The smallest absolute Gasteiger partial charge is 0.153 e. The van der Waals surface area contributed by atoms with Gasteiger partial charge in [-0.15, -0.1) is 0 Å². The Morgan fingerprint density at radius 1 is 1.00 bits per heavy atom. The van der Waals surface area contributed by atoms with Crippen LogP contribution in [0.25, 0.3) is 0 Å². The largest absolute Gasteiger partial charge is 0.298 e. The fourth-order valence-corrected chi connectivity index (χ4v) is 2.56. The molecule has 15 heavy (non-hydrogen) atoms. The van der Waals surface area contributed by atoms with E-state index in [1.165, 1.54) is 0 Å². The minimum absolute atomic E-state index is 0.195. The number of hydrogen-bond donors (Lipinski definition) is 0. The zero-order chi connectivity index (χ0) is 11.9. The average Bonchev–Trinajstić information content (AvgIpc) is 2.26. The third kappa shape index (κ3) is 3.04. The Morgan fingerprint density at radius 3 is 1.73 bits per heavy atom. The van der Waals surface area contributed by atoms with Gasteiger partial charge in [-0.05, 0) is 32.4 Å². The molecule has 0 atom stereocenters. The second-order valence-electron chi connectivity index (χ2n) is 4.08. The van der Waals surface area contributed by atoms with E-state index in [0.29, 0.717) is 5.78 Å². The summed E-state index contributed by atoms with van der Waals surface area (Å²) < 4.78 is 0. The van der Waals surface area contributed by atoms with Gasteiger partial charge in [0.05, 0.1) is 5.54 Å². The Bertz CT molecular complexity index is 181. The lowest BCUT2D eigenvalue weighted by molar-refractivity contribution is -0.132. The first-order valence-corrected chi connectivity index (χ1v) is 6.41. The topological polar surface area (TPSA) is 20.3 Å². The van der Waals surface area contributed by atoms with Crippen LogP contribution in [-0.2, 0) is 4.79 Å². The monoisotopic (exact) mass is 213 g/mol. The van der Waals surface area contributed by atoms with E-state index < -0.39 is 0 Å². The first-order valence-electron chi connectivity index (χ1n) is 6.41. The number of likely N-dealkylation sites (N-methyl/N-ethyl adjacent to an activating group) is 1. The molecular formula is C13H27NO. The number of carbonyl (C=O) groups excluding carboxylic acids is 1. The maximum absolute atomic E-state index is 12.2. The van der Waals surface area contributed by atoms with Crippen LogP contribution in [-0.4, -0.2) is 29.3 Å². The van der Waals surface area contributed by atoms with Gasteiger partial charge in [-0.1, -0.05) is 34.6 Å². The summed E-state index contributed by atoms with van der Waals surface area (Å²) in [5.74, 6) is 0.429. The SMILES string of the molecule is CCCC(=O)C(CC)(CC)N(CC)CC. The highest BCUT2D eigenvalue weighted by atomic mass is 16.1. The summed E-state index contributed by atoms with van der Waals surface area (Å²) in [5, 5.41) is 0. The lowest BCUT2D eigenvalue weighted by Gasteiger charge is -2.41. The van der Waals surface area contributed by atoms with Crippen molar-refractivity contribution in [1.82, 2.24) is 4.90 Å². The minimum atomic E-state index is -0.195. The second-order valence-corrected chi connectivity index (χ2v) is 4.08. The minimum Gasteiger partial charge on any atom is -0.298 e. The maximum Gasteiger partial charge on any atom is 0.153 e. The molecule has 0 heterocycles. The van der Waals surface area contributed by atoms with Crippen molar-refractivity contribution in [3.05, 3.63) is 0 Å². The molecule has 2 nitrogen and oxygen atoms in total. The van der Waals surface area contributed by atoms with Crippen molar-refractivity contribution in [1.29, 1.82) is 0 Å². The van der Waals surface area contributed by atoms with E-state index in [1.807, 2.05) is 0 Å². The first kappa shape index (κ1) is 14.6. The Hall–Kier alpha value is -0.370. The summed E-state index contributed by atoms with van der Waals surface area (Å²) in [6.45, 7) is 12.6. The average molecular weight is 213 g/mol. The van der Waals surface area contributed by atoms with Gasteiger partial charge in [0.1, 0.15) is 0 Å². The Morgan fingerprint density at radius 2 is 1.47 bits per heavy atom. The summed E-state index contributed by atoms with van der Waals surface area (Å²) >= 11 is 0. The van der Waals surface area contributed by atoms with Crippen molar-refractivity contribution in [3.63, 3.8) is 0 Å². The van der Waals surface area contributed by atoms with Gasteiger partial charge in [0, 0.05) is 6.42 Å². The normalized spacial score (nSPS) is 12.1. The van der Waals surface area contributed by atoms with Crippen LogP contribution in [0.5, 0.6) is 0 Å². The lowest BCUT2D eigenvalue weighted by atomic mass is 9.84. The zero-order valence-corrected chi connectivity index (χ0v) is 11.1. The number of ketones is 1. The van der Waals surface area contributed by atoms with Gasteiger partial charge in [-0.3, -0.25) is 9.69 Å². The van der Waals surface area contributed by atoms with Gasteiger partial charge in [-0.25, -0.2) is 0 Å². The van der Waals surface area contributed by atoms with E-state index in [-0.39, 0.29) is 5.54 Å². The molecule has 0 amide bonds. The van der Waals surface area contributed by atoms with Crippen LogP contribution >= 0.6 is 0 Å². The number of carbonyl (C=O) groups is 1. The van der Waals surface area contributed by atoms with Crippen molar-refractivity contribution in [3.8, 4) is 0 Å². The third-order valence-electron chi connectivity index (χ3n) is 3.53. The van der Waals surface area contributed by atoms with E-state index >= 15 is 0 Å². The van der Waals surface area contributed by atoms with Crippen LogP contribution in [0.15, 0.2) is 0 Å². The summed E-state index contributed by atoms with van der Waals surface area (Å²) in [6, 6.07) is 0. The predicted molar refractivity (Wildman–Crippen MR) is 66.1 cm³/mol. The highest BCUT2D eigenvalue weighted by molar-refractivity contribution is 5.88. The Kier molecular flexibility index (Phi) is 6.82. The molecule has 0 aromatic rings. The molecule has 90 valence electrons. The van der Waals surface area contributed by atoms with Crippen molar-refractivity contribution >= 4 is 5.78 Å². The standard InChI is InChI=1S/C13H27NO/c1-6-11-12(15)13(7-2,8-3)14(9-4)10-5/h6-11H2,1-5H3. The van der Waals surface area contributed by atoms with E-state index in [9.17, 15) is 4.79 Å². The van der Waals surface area contributed by atoms with E-state index in [2.05, 4.69) is 39.5 Å². The highest BCUT2D eigenvalue weighted by Gasteiger charge is 2.37. The lowest BCUT2D eigenvalue weighted by Crippen LogP contribution is -2.53. The summed E-state index contributed by atoms with van der Waals surface area (Å²) in [5.41, 5.74) is -0.195. The summed E-state index contributed by atoms with van der Waals surface area (Å²) in [7, 11) is 0. The molecule has 2 heteroatoms. The molecule has 0 saturated heterocycles. The van der Waals surface area contributed by atoms with E-state index in [4.69, 9.17) is 0 Å². The van der Waals surface area contributed by atoms with Crippen molar-refractivity contribution < 1.29 is 4.79 Å². The molecule has 0 N–H and O–H groups in total. The Balaban J connectivity index is 4.92. The van der Waals surface area contributed by atoms with Gasteiger partial charge in [0.25, 0.3) is 0 Å². The van der Waals surface area contributed by atoms with Gasteiger partial charge in [-0.2, -0.15) is 0 Å². The summed E-state index contributed by atoms with van der Waals surface area (Å²) in [4.78, 5) is 14.6. The zero-order valence-electron chi connectivity index (χ0n) is 11.1.